The van der Waals surface area contributed by atoms with E-state index in [1.165, 1.54) is 6.07 Å². The van der Waals surface area contributed by atoms with Crippen LogP contribution >= 0.6 is 11.6 Å². The van der Waals surface area contributed by atoms with Gasteiger partial charge in [0.2, 0.25) is 0 Å². The number of nitrogens with two attached hydrogens (primary N) is 2. The zero-order valence-corrected chi connectivity index (χ0v) is 13.0. The van der Waals surface area contributed by atoms with E-state index in [1.807, 2.05) is 0 Å². The number of phenolic OH excluding ortho intramolecular Hbond substituents is 2. The lowest BCUT2D eigenvalue weighted by Gasteiger charge is -2.00. The minimum atomic E-state index is -0.693. The fourth-order valence-corrected chi connectivity index (χ4v) is 1.85. The first kappa shape index (κ1) is 18.8. The maximum atomic E-state index is 10.3. The molecule has 0 aliphatic heterocycles. The molecule has 0 radical (unpaired) electrons. The minimum absolute atomic E-state index is 0.0191. The first-order chi connectivity index (χ1) is 11.0. The molecule has 0 atom stereocenters. The van der Waals surface area contributed by atoms with E-state index < -0.39 is 9.85 Å². The lowest BCUT2D eigenvalue weighted by molar-refractivity contribution is -0.385. The van der Waals surface area contributed by atoms with E-state index >= 15 is 0 Å². The summed E-state index contributed by atoms with van der Waals surface area (Å²) in [6.07, 6.45) is 0. The number of nitro groups is 2. The number of hydrogen-bond acceptors (Lipinski definition) is 8. The molecule has 24 heavy (non-hydrogen) atoms. The van der Waals surface area contributed by atoms with E-state index in [2.05, 4.69) is 0 Å². The zero-order valence-electron chi connectivity index (χ0n) is 12.3. The molecule has 0 aliphatic rings. The number of aryl methyl sites for hydroxylation is 1. The van der Waals surface area contributed by atoms with Crippen molar-refractivity contribution in [2.24, 2.45) is 0 Å². The van der Waals surface area contributed by atoms with Gasteiger partial charge in [0.25, 0.3) is 11.4 Å². The SMILES string of the molecule is Cc1cc(N)c(O)cc1[N+](=O)[O-].Nc1cc(Cl)c([N+](=O)[O-])cc1O. The second-order valence-electron chi connectivity index (χ2n) is 4.57. The van der Waals surface area contributed by atoms with E-state index in [-0.39, 0.29) is 39.3 Å². The Morgan fingerprint density at radius 2 is 1.33 bits per heavy atom. The Bertz CT molecular complexity index is 744. The number of phenols is 2. The maximum absolute atomic E-state index is 10.3. The Balaban J connectivity index is 0.000000240. The van der Waals surface area contributed by atoms with Crippen LogP contribution in [0.1, 0.15) is 5.56 Å². The van der Waals surface area contributed by atoms with Crippen LogP contribution in [0, 0.1) is 27.2 Å². The molecule has 128 valence electrons. The predicted molar refractivity (Wildman–Crippen MR) is 88.1 cm³/mol. The smallest absolute Gasteiger partial charge is 0.291 e. The molecule has 10 nitrogen and oxygen atoms in total. The summed E-state index contributed by atoms with van der Waals surface area (Å²) in [5.41, 5.74) is 10.7. The van der Waals surface area contributed by atoms with E-state index in [1.54, 1.807) is 6.92 Å². The molecular formula is C13H13ClN4O6. The molecule has 0 saturated heterocycles. The summed E-state index contributed by atoms with van der Waals surface area (Å²) in [6.45, 7) is 1.56. The van der Waals surface area contributed by atoms with Gasteiger partial charge in [-0.05, 0) is 19.1 Å². The molecule has 0 unspecified atom stereocenters. The molecule has 2 aromatic rings. The van der Waals surface area contributed by atoms with Crippen LogP contribution in [-0.2, 0) is 0 Å². The molecule has 6 N–H and O–H groups in total. The Morgan fingerprint density at radius 3 is 1.79 bits per heavy atom. The van der Waals surface area contributed by atoms with Crippen LogP contribution in [0.25, 0.3) is 0 Å². The molecule has 11 heteroatoms. The molecule has 0 bridgehead atoms. The lowest BCUT2D eigenvalue weighted by Crippen LogP contribution is -1.94. The summed E-state index contributed by atoms with van der Waals surface area (Å²) in [5, 5.41) is 38.5. The summed E-state index contributed by atoms with van der Waals surface area (Å²) < 4.78 is 0. The van der Waals surface area contributed by atoms with E-state index in [0.717, 1.165) is 18.2 Å². The zero-order chi connectivity index (χ0) is 18.6. The first-order valence-corrected chi connectivity index (χ1v) is 6.58. The highest BCUT2D eigenvalue weighted by Crippen LogP contribution is 2.33. The molecule has 0 aliphatic carbocycles. The van der Waals surface area contributed by atoms with Crippen LogP contribution in [0.4, 0.5) is 22.7 Å². The Hall–Kier alpha value is -3.27. The largest absolute Gasteiger partial charge is 0.506 e. The number of halogens is 1. The molecular weight excluding hydrogens is 344 g/mol. The summed E-state index contributed by atoms with van der Waals surface area (Å²) >= 11 is 5.46. The van der Waals surface area contributed by atoms with Crippen LogP contribution in [0.5, 0.6) is 11.5 Å². The molecule has 0 saturated carbocycles. The minimum Gasteiger partial charge on any atom is -0.506 e. The van der Waals surface area contributed by atoms with Crippen molar-refractivity contribution in [1.82, 2.24) is 0 Å². The summed E-state index contributed by atoms with van der Waals surface area (Å²) in [6, 6.07) is 4.46. The van der Waals surface area contributed by atoms with Crippen LogP contribution in [0.15, 0.2) is 24.3 Å². The molecule has 0 fully saturated rings. The topological polar surface area (TPSA) is 179 Å². The maximum Gasteiger partial charge on any atom is 0.291 e. The molecule has 0 heterocycles. The van der Waals surface area contributed by atoms with Gasteiger partial charge < -0.3 is 21.7 Å². The van der Waals surface area contributed by atoms with Gasteiger partial charge in [0.1, 0.15) is 16.5 Å². The van der Waals surface area contributed by atoms with E-state index in [0.29, 0.717) is 5.56 Å². The second-order valence-corrected chi connectivity index (χ2v) is 4.98. The fourth-order valence-electron chi connectivity index (χ4n) is 1.61. The monoisotopic (exact) mass is 356 g/mol. The van der Waals surface area contributed by atoms with Crippen LogP contribution in [-0.4, -0.2) is 20.1 Å². The molecule has 2 rings (SSSR count). The summed E-state index contributed by atoms with van der Waals surface area (Å²) in [5.74, 6) is -0.599. The lowest BCUT2D eigenvalue weighted by atomic mass is 10.1. The summed E-state index contributed by atoms with van der Waals surface area (Å²) in [4.78, 5) is 19.3. The second kappa shape index (κ2) is 7.33. The third-order valence-corrected chi connectivity index (χ3v) is 3.14. The highest BCUT2D eigenvalue weighted by molar-refractivity contribution is 6.33. The van der Waals surface area contributed by atoms with Gasteiger partial charge in [-0.3, -0.25) is 20.2 Å². The van der Waals surface area contributed by atoms with Crippen molar-refractivity contribution in [3.63, 3.8) is 0 Å². The van der Waals surface area contributed by atoms with Gasteiger partial charge in [0, 0.05) is 5.56 Å². The van der Waals surface area contributed by atoms with Crippen LogP contribution < -0.4 is 11.5 Å². The third kappa shape index (κ3) is 4.36. The van der Waals surface area contributed by atoms with Crippen molar-refractivity contribution in [2.45, 2.75) is 6.92 Å². The van der Waals surface area contributed by atoms with Gasteiger partial charge in [0.05, 0.1) is 33.4 Å². The number of anilines is 2. The third-order valence-electron chi connectivity index (χ3n) is 2.83. The first-order valence-electron chi connectivity index (χ1n) is 6.20. The number of rotatable bonds is 2. The van der Waals surface area contributed by atoms with Crippen molar-refractivity contribution < 1.29 is 20.1 Å². The van der Waals surface area contributed by atoms with Crippen molar-refractivity contribution in [2.75, 3.05) is 11.5 Å². The molecule has 0 spiro atoms. The van der Waals surface area contributed by atoms with Gasteiger partial charge in [0.15, 0.2) is 0 Å². The highest BCUT2D eigenvalue weighted by atomic mass is 35.5. The molecule has 2 aromatic carbocycles. The number of nitrogen functional groups attached to an aromatic ring is 2. The van der Waals surface area contributed by atoms with E-state index in [9.17, 15) is 20.2 Å². The normalized spacial score (nSPS) is 9.75. The van der Waals surface area contributed by atoms with Crippen molar-refractivity contribution in [1.29, 1.82) is 0 Å². The highest BCUT2D eigenvalue weighted by Gasteiger charge is 2.15. The van der Waals surface area contributed by atoms with Gasteiger partial charge >= 0.3 is 0 Å². The number of aromatic hydroxyl groups is 2. The number of nitro benzene ring substituents is 2. The van der Waals surface area contributed by atoms with Crippen molar-refractivity contribution >= 4 is 34.4 Å². The number of nitrogens with zero attached hydrogens (tertiary/aromatic N) is 2. The average molecular weight is 357 g/mol. The van der Waals surface area contributed by atoms with Gasteiger partial charge in [-0.25, -0.2) is 0 Å². The fraction of sp³-hybridized carbons (Fsp3) is 0.0769. The number of hydrogen-bond donors (Lipinski definition) is 4. The molecule has 0 aromatic heterocycles. The standard InChI is InChI=1S/C7H8N2O3.C6H5ClN2O3/c1-4-2-5(8)7(10)3-6(4)9(11)12;7-3-1-4(8)6(10)2-5(3)9(11)12/h2-3,10H,8H2,1H3;1-2,10H,8H2. The Morgan fingerprint density at radius 1 is 0.917 bits per heavy atom. The van der Waals surface area contributed by atoms with E-state index in [4.69, 9.17) is 33.3 Å². The van der Waals surface area contributed by atoms with Gasteiger partial charge in [-0.15, -0.1) is 0 Å². The Labute approximate surface area is 140 Å². The van der Waals surface area contributed by atoms with Crippen LogP contribution in [0.2, 0.25) is 5.02 Å². The molecule has 0 amide bonds. The van der Waals surface area contributed by atoms with Crippen molar-refractivity contribution in [3.8, 4) is 11.5 Å². The van der Waals surface area contributed by atoms with Crippen molar-refractivity contribution in [3.05, 3.63) is 55.1 Å². The van der Waals surface area contributed by atoms with Crippen LogP contribution in [0.3, 0.4) is 0 Å². The van der Waals surface area contributed by atoms with Gasteiger partial charge in [-0.2, -0.15) is 0 Å². The Kier molecular flexibility index (Phi) is 5.73. The predicted octanol–water partition coefficient (Wildman–Crippen LogP) is 2.73. The summed E-state index contributed by atoms with van der Waals surface area (Å²) in [7, 11) is 0. The van der Waals surface area contributed by atoms with Gasteiger partial charge in [-0.1, -0.05) is 11.6 Å². The number of benzene rings is 2. The quantitative estimate of drug-likeness (QED) is 0.274. The average Bonchev–Trinajstić information content (AvgIpc) is 2.46.